The predicted octanol–water partition coefficient (Wildman–Crippen LogP) is 0.0338. The molecule has 14 heavy (non-hydrogen) atoms. The molecule has 0 saturated heterocycles. The van der Waals surface area contributed by atoms with Crippen molar-refractivity contribution in [1.29, 1.82) is 0 Å². The van der Waals surface area contributed by atoms with E-state index in [0.29, 0.717) is 18.7 Å². The molecule has 84 valence electrons. The molecule has 0 aromatic rings. The minimum Gasteiger partial charge on any atom is -0.396 e. The Morgan fingerprint density at radius 1 is 1.43 bits per heavy atom. The molecule has 5 heteroatoms. The van der Waals surface area contributed by atoms with E-state index in [-0.39, 0.29) is 18.3 Å². The normalized spacial score (nSPS) is 12.4. The Morgan fingerprint density at radius 2 is 2.14 bits per heavy atom. The Hall–Kier alpha value is -0.420. The van der Waals surface area contributed by atoms with E-state index in [0.717, 1.165) is 12.8 Å². The first kappa shape index (κ1) is 13.6. The first-order valence-electron chi connectivity index (χ1n) is 4.93. The number of aliphatic hydroxyl groups excluding tert-OH is 1. The van der Waals surface area contributed by atoms with E-state index >= 15 is 0 Å². The van der Waals surface area contributed by atoms with Crippen molar-refractivity contribution in [3.05, 3.63) is 0 Å². The molecule has 0 aliphatic carbocycles. The lowest BCUT2D eigenvalue weighted by Crippen LogP contribution is -2.29. The van der Waals surface area contributed by atoms with Gasteiger partial charge in [0.2, 0.25) is 5.91 Å². The average molecular weight is 221 g/mol. The minimum absolute atomic E-state index is 0.0309. The standard InChI is InChI=1S/C9H19NO3S/c1-2-3-5-10-9(12)8-14(13)7-4-6-11/h11H,2-8H2,1H3,(H,10,12). The van der Waals surface area contributed by atoms with Gasteiger partial charge in [0.15, 0.2) is 0 Å². The Labute approximate surface area is 87.5 Å². The van der Waals surface area contributed by atoms with Crippen LogP contribution in [-0.4, -0.2) is 39.9 Å². The third-order valence-electron chi connectivity index (χ3n) is 1.67. The van der Waals surface area contributed by atoms with Crippen molar-refractivity contribution < 1.29 is 14.1 Å². The summed E-state index contributed by atoms with van der Waals surface area (Å²) in [5.41, 5.74) is 0. The van der Waals surface area contributed by atoms with Crippen molar-refractivity contribution in [3.63, 3.8) is 0 Å². The monoisotopic (exact) mass is 221 g/mol. The van der Waals surface area contributed by atoms with Gasteiger partial charge in [-0.1, -0.05) is 13.3 Å². The molecular weight excluding hydrogens is 202 g/mol. The molecule has 1 unspecified atom stereocenters. The largest absolute Gasteiger partial charge is 0.396 e. The molecule has 1 amide bonds. The SMILES string of the molecule is CCCCNC(=O)CS(=O)CCCO. The summed E-state index contributed by atoms with van der Waals surface area (Å²) in [4.78, 5) is 11.1. The Morgan fingerprint density at radius 3 is 2.71 bits per heavy atom. The summed E-state index contributed by atoms with van der Waals surface area (Å²) in [6, 6.07) is 0. The van der Waals surface area contributed by atoms with E-state index < -0.39 is 10.8 Å². The molecular formula is C9H19NO3S. The fourth-order valence-electron chi connectivity index (χ4n) is 0.900. The van der Waals surface area contributed by atoms with Crippen LogP contribution >= 0.6 is 0 Å². The molecule has 0 aliphatic heterocycles. The van der Waals surface area contributed by atoms with E-state index in [1.807, 2.05) is 6.92 Å². The molecule has 2 N–H and O–H groups in total. The zero-order chi connectivity index (χ0) is 10.8. The second-order valence-corrected chi connectivity index (χ2v) is 4.65. The number of rotatable bonds is 8. The van der Waals surface area contributed by atoms with Crippen LogP contribution in [0.25, 0.3) is 0 Å². The molecule has 0 rings (SSSR count). The molecule has 0 aromatic heterocycles. The van der Waals surface area contributed by atoms with E-state index in [4.69, 9.17) is 5.11 Å². The van der Waals surface area contributed by atoms with Gasteiger partial charge in [0.25, 0.3) is 0 Å². The summed E-state index contributed by atoms with van der Waals surface area (Å²) >= 11 is 0. The summed E-state index contributed by atoms with van der Waals surface area (Å²) in [5, 5.41) is 11.2. The molecule has 0 bridgehead atoms. The van der Waals surface area contributed by atoms with Gasteiger partial charge in [0.1, 0.15) is 5.75 Å². The van der Waals surface area contributed by atoms with Gasteiger partial charge in [-0.3, -0.25) is 9.00 Å². The maximum Gasteiger partial charge on any atom is 0.232 e. The van der Waals surface area contributed by atoms with Gasteiger partial charge in [-0.05, 0) is 12.8 Å². The van der Waals surface area contributed by atoms with Gasteiger partial charge in [-0.15, -0.1) is 0 Å². The van der Waals surface area contributed by atoms with Crippen LogP contribution < -0.4 is 5.32 Å². The van der Waals surface area contributed by atoms with Gasteiger partial charge in [0, 0.05) is 29.7 Å². The van der Waals surface area contributed by atoms with Crippen molar-refractivity contribution in [1.82, 2.24) is 5.32 Å². The first-order chi connectivity index (χ1) is 6.70. The van der Waals surface area contributed by atoms with E-state index in [9.17, 15) is 9.00 Å². The number of hydrogen-bond donors (Lipinski definition) is 2. The van der Waals surface area contributed by atoms with Crippen molar-refractivity contribution in [2.75, 3.05) is 24.7 Å². The van der Waals surface area contributed by atoms with Crippen molar-refractivity contribution in [2.45, 2.75) is 26.2 Å². The minimum atomic E-state index is -1.13. The summed E-state index contributed by atoms with van der Waals surface area (Å²) in [7, 11) is -1.13. The number of carbonyl (C=O) groups is 1. The molecule has 0 aromatic carbocycles. The van der Waals surface area contributed by atoms with Crippen molar-refractivity contribution >= 4 is 16.7 Å². The van der Waals surface area contributed by atoms with E-state index in [1.54, 1.807) is 0 Å². The fourth-order valence-corrected chi connectivity index (χ4v) is 1.89. The molecule has 0 aliphatic rings. The molecule has 0 spiro atoms. The third kappa shape index (κ3) is 8.19. The predicted molar refractivity (Wildman–Crippen MR) is 57.5 cm³/mol. The quantitative estimate of drug-likeness (QED) is 0.568. The maximum atomic E-state index is 11.2. The smallest absolute Gasteiger partial charge is 0.232 e. The number of amides is 1. The molecule has 0 radical (unpaired) electrons. The summed E-state index contributed by atoms with van der Waals surface area (Å²) in [5.74, 6) is 0.302. The van der Waals surface area contributed by atoms with Crippen LogP contribution in [0.1, 0.15) is 26.2 Å². The van der Waals surface area contributed by atoms with Gasteiger partial charge in [-0.25, -0.2) is 0 Å². The van der Waals surface area contributed by atoms with Crippen LogP contribution in [0.3, 0.4) is 0 Å². The first-order valence-corrected chi connectivity index (χ1v) is 6.42. The lowest BCUT2D eigenvalue weighted by Gasteiger charge is -2.03. The molecule has 0 fully saturated rings. The van der Waals surface area contributed by atoms with Crippen LogP contribution in [0.5, 0.6) is 0 Å². The topological polar surface area (TPSA) is 66.4 Å². The molecule has 0 saturated carbocycles. The number of carbonyl (C=O) groups excluding carboxylic acids is 1. The zero-order valence-electron chi connectivity index (χ0n) is 8.62. The average Bonchev–Trinajstić information content (AvgIpc) is 2.15. The van der Waals surface area contributed by atoms with Crippen LogP contribution in [0.4, 0.5) is 0 Å². The maximum absolute atomic E-state index is 11.2. The Balaban J connectivity index is 3.45. The van der Waals surface area contributed by atoms with Crippen LogP contribution in [0.2, 0.25) is 0 Å². The van der Waals surface area contributed by atoms with Crippen molar-refractivity contribution in [3.8, 4) is 0 Å². The summed E-state index contributed by atoms with van der Waals surface area (Å²) < 4.78 is 11.2. The number of unbranched alkanes of at least 4 members (excludes halogenated alkanes) is 1. The third-order valence-corrected chi connectivity index (χ3v) is 3.00. The Bertz CT molecular complexity index is 185. The van der Waals surface area contributed by atoms with Gasteiger partial charge < -0.3 is 10.4 Å². The highest BCUT2D eigenvalue weighted by atomic mass is 32.2. The molecule has 0 heterocycles. The number of aliphatic hydroxyl groups is 1. The summed E-state index contributed by atoms with van der Waals surface area (Å²) in [6.07, 6.45) is 2.48. The van der Waals surface area contributed by atoms with Crippen LogP contribution in [-0.2, 0) is 15.6 Å². The second kappa shape index (κ2) is 9.15. The van der Waals surface area contributed by atoms with Gasteiger partial charge >= 0.3 is 0 Å². The van der Waals surface area contributed by atoms with Gasteiger partial charge in [0.05, 0.1) is 0 Å². The zero-order valence-corrected chi connectivity index (χ0v) is 9.44. The van der Waals surface area contributed by atoms with Crippen molar-refractivity contribution in [2.24, 2.45) is 0 Å². The molecule has 1 atom stereocenters. The van der Waals surface area contributed by atoms with Gasteiger partial charge in [-0.2, -0.15) is 0 Å². The molecule has 4 nitrogen and oxygen atoms in total. The second-order valence-electron chi connectivity index (χ2n) is 3.07. The van der Waals surface area contributed by atoms with Crippen LogP contribution in [0.15, 0.2) is 0 Å². The highest BCUT2D eigenvalue weighted by molar-refractivity contribution is 7.85. The lowest BCUT2D eigenvalue weighted by molar-refractivity contribution is -0.118. The van der Waals surface area contributed by atoms with Crippen LogP contribution in [0, 0.1) is 0 Å². The highest BCUT2D eigenvalue weighted by Gasteiger charge is 2.06. The fraction of sp³-hybridized carbons (Fsp3) is 0.889. The highest BCUT2D eigenvalue weighted by Crippen LogP contribution is 1.88. The Kier molecular flexibility index (Phi) is 8.87. The number of hydrogen-bond acceptors (Lipinski definition) is 3. The summed E-state index contributed by atoms with van der Waals surface area (Å²) in [6.45, 7) is 2.74. The lowest BCUT2D eigenvalue weighted by atomic mass is 10.3. The van der Waals surface area contributed by atoms with E-state index in [2.05, 4.69) is 5.32 Å². The number of nitrogens with one attached hydrogen (secondary N) is 1. The van der Waals surface area contributed by atoms with E-state index in [1.165, 1.54) is 0 Å².